The topological polar surface area (TPSA) is 61.2 Å². The largest absolute Gasteiger partial charge is 0.438 e. The van der Waals surface area contributed by atoms with Crippen LogP contribution >= 0.6 is 0 Å². The molecular formula is C23H26N4O2. The van der Waals surface area contributed by atoms with E-state index in [2.05, 4.69) is 46.2 Å². The summed E-state index contributed by atoms with van der Waals surface area (Å²) in [6.07, 6.45) is 1.02. The van der Waals surface area contributed by atoms with Crippen LogP contribution in [0.5, 0.6) is 11.6 Å². The van der Waals surface area contributed by atoms with Crippen LogP contribution in [-0.2, 0) is 0 Å². The summed E-state index contributed by atoms with van der Waals surface area (Å²) >= 11 is 0. The SMILES string of the molecule is Cc1ccc(/C(=N/O)N2CCC(N(C)C)C2)c(Oc2ccc3ccccc3c2)n1. The third-order valence-corrected chi connectivity index (χ3v) is 5.46. The summed E-state index contributed by atoms with van der Waals surface area (Å²) in [5, 5.41) is 15.7. The number of rotatable bonds is 4. The third-order valence-electron chi connectivity index (χ3n) is 5.46. The van der Waals surface area contributed by atoms with Crippen LogP contribution in [0.25, 0.3) is 10.8 Å². The lowest BCUT2D eigenvalue weighted by atomic mass is 10.1. The second-order valence-corrected chi connectivity index (χ2v) is 7.69. The maximum atomic E-state index is 9.82. The van der Waals surface area contributed by atoms with Gasteiger partial charge >= 0.3 is 0 Å². The van der Waals surface area contributed by atoms with Crippen molar-refractivity contribution in [1.82, 2.24) is 14.8 Å². The van der Waals surface area contributed by atoms with E-state index in [-0.39, 0.29) is 0 Å². The zero-order chi connectivity index (χ0) is 20.4. The smallest absolute Gasteiger partial charge is 0.230 e. The molecule has 2 heterocycles. The molecule has 1 aliphatic rings. The second-order valence-electron chi connectivity index (χ2n) is 7.69. The standard InChI is InChI=1S/C23H26N4O2/c1-16-8-11-21(22(25-28)27-13-12-19(15-27)26(2)3)23(24-16)29-20-10-9-17-6-4-5-7-18(17)14-20/h4-11,14,19,28H,12-13,15H2,1-3H3/b25-22-. The molecule has 1 aliphatic heterocycles. The highest BCUT2D eigenvalue weighted by molar-refractivity contribution is 6.00. The molecule has 1 atom stereocenters. The Morgan fingerprint density at radius 2 is 1.93 bits per heavy atom. The quantitative estimate of drug-likeness (QED) is 0.314. The maximum Gasteiger partial charge on any atom is 0.230 e. The fourth-order valence-corrected chi connectivity index (χ4v) is 3.77. The first-order valence-electron chi connectivity index (χ1n) is 9.83. The van der Waals surface area contributed by atoms with E-state index in [9.17, 15) is 5.21 Å². The van der Waals surface area contributed by atoms with Gasteiger partial charge in [-0.3, -0.25) is 0 Å². The Labute approximate surface area is 171 Å². The molecule has 3 aromatic rings. The molecule has 1 N–H and O–H groups in total. The van der Waals surface area contributed by atoms with Crippen LogP contribution in [0.2, 0.25) is 0 Å². The lowest BCUT2D eigenvalue weighted by Crippen LogP contribution is -2.35. The molecule has 29 heavy (non-hydrogen) atoms. The van der Waals surface area contributed by atoms with E-state index in [1.807, 2.05) is 49.4 Å². The average Bonchev–Trinajstić information content (AvgIpc) is 3.20. The molecule has 1 saturated heterocycles. The number of ether oxygens (including phenoxy) is 1. The summed E-state index contributed by atoms with van der Waals surface area (Å²) in [6, 6.07) is 18.4. The molecule has 0 amide bonds. The van der Waals surface area contributed by atoms with Crippen molar-refractivity contribution >= 4 is 16.6 Å². The van der Waals surface area contributed by atoms with Gasteiger partial charge in [-0.1, -0.05) is 35.5 Å². The number of oxime groups is 1. The first-order valence-corrected chi connectivity index (χ1v) is 9.83. The predicted molar refractivity (Wildman–Crippen MR) is 115 cm³/mol. The average molecular weight is 390 g/mol. The highest BCUT2D eigenvalue weighted by Gasteiger charge is 2.29. The van der Waals surface area contributed by atoms with Crippen LogP contribution in [0, 0.1) is 6.92 Å². The van der Waals surface area contributed by atoms with Gasteiger partial charge < -0.3 is 19.7 Å². The molecule has 6 nitrogen and oxygen atoms in total. The molecule has 1 unspecified atom stereocenters. The Morgan fingerprint density at radius 3 is 2.66 bits per heavy atom. The van der Waals surface area contributed by atoms with Crippen LogP contribution in [0.15, 0.2) is 59.8 Å². The van der Waals surface area contributed by atoms with Gasteiger partial charge in [-0.2, -0.15) is 0 Å². The van der Waals surface area contributed by atoms with Gasteiger partial charge in [0.1, 0.15) is 5.75 Å². The molecule has 0 saturated carbocycles. The van der Waals surface area contributed by atoms with Crippen molar-refractivity contribution in [2.24, 2.45) is 5.16 Å². The summed E-state index contributed by atoms with van der Waals surface area (Å²) in [5.41, 5.74) is 1.53. The molecule has 1 fully saturated rings. The van der Waals surface area contributed by atoms with E-state index in [4.69, 9.17) is 4.74 Å². The second kappa shape index (κ2) is 8.09. The molecule has 1 aromatic heterocycles. The molecule has 0 aliphatic carbocycles. The van der Waals surface area contributed by atoms with Crippen LogP contribution in [0.3, 0.4) is 0 Å². The number of hydrogen-bond donors (Lipinski definition) is 1. The van der Waals surface area contributed by atoms with Gasteiger partial charge in [0.05, 0.1) is 5.56 Å². The number of likely N-dealkylation sites (tertiary alicyclic amines) is 1. The van der Waals surface area contributed by atoms with Gasteiger partial charge in [0, 0.05) is 24.8 Å². The van der Waals surface area contributed by atoms with Crippen molar-refractivity contribution in [3.05, 3.63) is 65.9 Å². The number of amidine groups is 1. The van der Waals surface area contributed by atoms with Crippen LogP contribution in [0.1, 0.15) is 17.7 Å². The van der Waals surface area contributed by atoms with Crippen molar-refractivity contribution in [2.45, 2.75) is 19.4 Å². The summed E-state index contributed by atoms with van der Waals surface area (Å²) in [4.78, 5) is 8.88. The number of hydrogen-bond acceptors (Lipinski definition) is 5. The van der Waals surface area contributed by atoms with Crippen molar-refractivity contribution in [2.75, 3.05) is 27.2 Å². The number of likely N-dealkylation sites (N-methyl/N-ethyl adjacent to an activating group) is 1. The summed E-state index contributed by atoms with van der Waals surface area (Å²) in [5.74, 6) is 1.65. The van der Waals surface area contributed by atoms with E-state index < -0.39 is 0 Å². The normalized spacial score (nSPS) is 17.3. The molecular weight excluding hydrogens is 364 g/mol. The Bertz CT molecular complexity index is 1050. The third kappa shape index (κ3) is 4.03. The van der Waals surface area contributed by atoms with Crippen molar-refractivity contribution in [1.29, 1.82) is 0 Å². The van der Waals surface area contributed by atoms with E-state index >= 15 is 0 Å². The van der Waals surface area contributed by atoms with Crippen LogP contribution in [0.4, 0.5) is 0 Å². The van der Waals surface area contributed by atoms with E-state index in [1.54, 1.807) is 0 Å². The first kappa shape index (κ1) is 19.2. The highest BCUT2D eigenvalue weighted by Crippen LogP contribution is 2.29. The predicted octanol–water partition coefficient (Wildman–Crippen LogP) is 4.11. The van der Waals surface area contributed by atoms with E-state index in [0.29, 0.717) is 29.1 Å². The first-order chi connectivity index (χ1) is 14.0. The number of aryl methyl sites for hydroxylation is 1. The maximum absolute atomic E-state index is 9.82. The fourth-order valence-electron chi connectivity index (χ4n) is 3.77. The number of fused-ring (bicyclic) bond motifs is 1. The number of aromatic nitrogens is 1. The Hall–Kier alpha value is -3.12. The van der Waals surface area contributed by atoms with E-state index in [0.717, 1.165) is 36.0 Å². The zero-order valence-corrected chi connectivity index (χ0v) is 17.0. The molecule has 0 radical (unpaired) electrons. The van der Waals surface area contributed by atoms with Crippen molar-refractivity contribution in [3.63, 3.8) is 0 Å². The van der Waals surface area contributed by atoms with Gasteiger partial charge in [-0.25, -0.2) is 4.98 Å². The summed E-state index contributed by atoms with van der Waals surface area (Å²) in [7, 11) is 4.15. The molecule has 2 aromatic carbocycles. The lowest BCUT2D eigenvalue weighted by molar-refractivity contribution is 0.289. The monoisotopic (exact) mass is 390 g/mol. The van der Waals surface area contributed by atoms with Crippen LogP contribution in [-0.4, -0.2) is 59.1 Å². The molecule has 6 heteroatoms. The van der Waals surface area contributed by atoms with E-state index in [1.165, 1.54) is 0 Å². The number of pyridine rings is 1. The minimum Gasteiger partial charge on any atom is -0.438 e. The summed E-state index contributed by atoms with van der Waals surface area (Å²) in [6.45, 7) is 3.55. The fraction of sp³-hybridized carbons (Fsp3) is 0.304. The van der Waals surface area contributed by atoms with Crippen molar-refractivity contribution in [3.8, 4) is 11.6 Å². The molecule has 4 rings (SSSR count). The number of benzene rings is 2. The summed E-state index contributed by atoms with van der Waals surface area (Å²) < 4.78 is 6.17. The molecule has 0 spiro atoms. The lowest BCUT2D eigenvalue weighted by Gasteiger charge is -2.23. The number of nitrogens with zero attached hydrogens (tertiary/aromatic N) is 4. The minimum atomic E-state index is 0.426. The van der Waals surface area contributed by atoms with Gasteiger partial charge in [0.15, 0.2) is 5.84 Å². The molecule has 0 bridgehead atoms. The molecule has 150 valence electrons. The Kier molecular flexibility index (Phi) is 5.36. The van der Waals surface area contributed by atoms with Gasteiger partial charge in [0.25, 0.3) is 0 Å². The van der Waals surface area contributed by atoms with Crippen LogP contribution < -0.4 is 4.74 Å². The zero-order valence-electron chi connectivity index (χ0n) is 17.0. The highest BCUT2D eigenvalue weighted by atomic mass is 16.5. The Balaban J connectivity index is 1.66. The van der Waals surface area contributed by atoms with Gasteiger partial charge in [0.2, 0.25) is 5.88 Å². The van der Waals surface area contributed by atoms with Crippen molar-refractivity contribution < 1.29 is 9.94 Å². The van der Waals surface area contributed by atoms with Gasteiger partial charge in [-0.05, 0) is 62.5 Å². The van der Waals surface area contributed by atoms with Gasteiger partial charge in [-0.15, -0.1) is 0 Å². The minimum absolute atomic E-state index is 0.426. The Morgan fingerprint density at radius 1 is 1.14 bits per heavy atom.